The van der Waals surface area contributed by atoms with E-state index in [2.05, 4.69) is 6.58 Å². The van der Waals surface area contributed by atoms with Crippen LogP contribution in [0.5, 0.6) is 0 Å². The molecule has 0 spiro atoms. The maximum atomic E-state index is 12.1. The second kappa shape index (κ2) is 3.47. The highest BCUT2D eigenvalue weighted by Crippen LogP contribution is 2.53. The Hall–Kier alpha value is -1.12. The molecule has 0 aromatic carbocycles. The SMILES string of the molecule is C=C[C@H]1C[C@H]2CCC[C@]1(C(=O)OC)C2=O. The van der Waals surface area contributed by atoms with Gasteiger partial charge >= 0.3 is 5.97 Å². The molecule has 2 bridgehead atoms. The van der Waals surface area contributed by atoms with Crippen LogP contribution < -0.4 is 0 Å². The molecule has 0 heterocycles. The second-order valence-corrected chi connectivity index (χ2v) is 4.49. The molecule has 0 amide bonds. The molecule has 2 aliphatic rings. The summed E-state index contributed by atoms with van der Waals surface area (Å²) in [6, 6.07) is 0. The predicted molar refractivity (Wildman–Crippen MR) is 55.1 cm³/mol. The summed E-state index contributed by atoms with van der Waals surface area (Å²) in [7, 11) is 1.35. The van der Waals surface area contributed by atoms with Crippen LogP contribution in [0.3, 0.4) is 0 Å². The minimum atomic E-state index is -0.889. The Morgan fingerprint density at radius 2 is 2.40 bits per heavy atom. The van der Waals surface area contributed by atoms with Gasteiger partial charge in [-0.3, -0.25) is 9.59 Å². The third-order valence-corrected chi connectivity index (χ3v) is 3.94. The van der Waals surface area contributed by atoms with Crippen molar-refractivity contribution >= 4 is 11.8 Å². The number of allylic oxidation sites excluding steroid dienone is 1. The number of ketones is 1. The summed E-state index contributed by atoms with van der Waals surface area (Å²) in [5.74, 6) is -0.240. The van der Waals surface area contributed by atoms with E-state index in [1.165, 1.54) is 7.11 Å². The highest BCUT2D eigenvalue weighted by molar-refractivity contribution is 6.07. The van der Waals surface area contributed by atoms with E-state index in [0.29, 0.717) is 6.42 Å². The average molecular weight is 208 g/mol. The van der Waals surface area contributed by atoms with Gasteiger partial charge in [-0.25, -0.2) is 0 Å². The van der Waals surface area contributed by atoms with Crippen molar-refractivity contribution in [2.24, 2.45) is 17.3 Å². The van der Waals surface area contributed by atoms with Crippen molar-refractivity contribution in [3.63, 3.8) is 0 Å². The average Bonchev–Trinajstić information content (AvgIpc) is 2.44. The highest BCUT2D eigenvalue weighted by Gasteiger charge is 2.60. The van der Waals surface area contributed by atoms with Crippen LogP contribution in [0.1, 0.15) is 25.7 Å². The van der Waals surface area contributed by atoms with Gasteiger partial charge < -0.3 is 4.74 Å². The largest absolute Gasteiger partial charge is 0.468 e. The zero-order valence-electron chi connectivity index (χ0n) is 8.99. The summed E-state index contributed by atoms with van der Waals surface area (Å²) in [6.07, 6.45) is 5.01. The monoisotopic (exact) mass is 208 g/mol. The van der Waals surface area contributed by atoms with E-state index >= 15 is 0 Å². The Morgan fingerprint density at radius 3 is 3.00 bits per heavy atom. The van der Waals surface area contributed by atoms with Crippen molar-refractivity contribution in [1.29, 1.82) is 0 Å². The van der Waals surface area contributed by atoms with Crippen LogP contribution in [0.25, 0.3) is 0 Å². The van der Waals surface area contributed by atoms with E-state index in [1.807, 2.05) is 0 Å². The first-order valence-corrected chi connectivity index (χ1v) is 5.42. The maximum Gasteiger partial charge on any atom is 0.319 e. The lowest BCUT2D eigenvalue weighted by Crippen LogP contribution is -2.44. The van der Waals surface area contributed by atoms with Crippen molar-refractivity contribution in [1.82, 2.24) is 0 Å². The second-order valence-electron chi connectivity index (χ2n) is 4.49. The number of hydrogen-bond acceptors (Lipinski definition) is 3. The van der Waals surface area contributed by atoms with Gasteiger partial charge in [0.05, 0.1) is 7.11 Å². The number of rotatable bonds is 2. The lowest BCUT2D eigenvalue weighted by Gasteiger charge is -2.31. The highest BCUT2D eigenvalue weighted by atomic mass is 16.5. The molecule has 0 N–H and O–H groups in total. The first-order valence-electron chi connectivity index (χ1n) is 5.42. The normalized spacial score (nSPS) is 38.9. The summed E-state index contributed by atoms with van der Waals surface area (Å²) in [5.41, 5.74) is -0.889. The first kappa shape index (κ1) is 10.4. The minimum absolute atomic E-state index is 0.0232. The molecule has 15 heavy (non-hydrogen) atoms. The zero-order chi connectivity index (χ0) is 11.1. The van der Waals surface area contributed by atoms with Crippen LogP contribution in [-0.2, 0) is 14.3 Å². The van der Waals surface area contributed by atoms with Gasteiger partial charge in [-0.05, 0) is 19.3 Å². The number of carbonyl (C=O) groups is 2. The molecule has 0 aromatic rings. The number of ether oxygens (including phenoxy) is 1. The summed E-state index contributed by atoms with van der Waals surface area (Å²) >= 11 is 0. The number of carbonyl (C=O) groups excluding carboxylic acids is 2. The molecule has 82 valence electrons. The Balaban J connectivity index is 2.43. The van der Waals surface area contributed by atoms with Crippen molar-refractivity contribution in [2.45, 2.75) is 25.7 Å². The Bertz CT molecular complexity index is 321. The standard InChI is InChI=1S/C12H16O3/c1-3-9-7-8-5-4-6-12(9,10(8)13)11(14)15-2/h3,8-9H,1,4-7H2,2H3/t8-,9+,12-/m1/s1. The van der Waals surface area contributed by atoms with Crippen LogP contribution >= 0.6 is 0 Å². The summed E-state index contributed by atoms with van der Waals surface area (Å²) in [5, 5.41) is 0. The lowest BCUT2D eigenvalue weighted by molar-refractivity contribution is -0.160. The number of esters is 1. The molecule has 0 aliphatic heterocycles. The molecule has 0 saturated heterocycles. The summed E-state index contributed by atoms with van der Waals surface area (Å²) in [4.78, 5) is 24.0. The van der Waals surface area contributed by atoms with Crippen LogP contribution in [-0.4, -0.2) is 18.9 Å². The molecule has 2 rings (SSSR count). The van der Waals surface area contributed by atoms with Gasteiger partial charge in [0.15, 0.2) is 5.78 Å². The van der Waals surface area contributed by atoms with Gasteiger partial charge in [0.1, 0.15) is 5.41 Å². The van der Waals surface area contributed by atoms with Gasteiger partial charge in [-0.1, -0.05) is 12.5 Å². The first-order chi connectivity index (χ1) is 7.16. The van der Waals surface area contributed by atoms with Gasteiger partial charge in [0, 0.05) is 11.8 Å². The van der Waals surface area contributed by atoms with Crippen LogP contribution in [0.15, 0.2) is 12.7 Å². The smallest absolute Gasteiger partial charge is 0.319 e. The number of Topliss-reactive ketones (excluding diaryl/α,β-unsaturated/α-hetero) is 1. The van der Waals surface area contributed by atoms with Crippen LogP contribution in [0.4, 0.5) is 0 Å². The fourth-order valence-electron chi connectivity index (χ4n) is 3.18. The molecule has 2 aliphatic carbocycles. The molecule has 2 saturated carbocycles. The molecular formula is C12H16O3. The molecule has 0 radical (unpaired) electrons. The molecule has 2 fully saturated rings. The number of hydrogen-bond donors (Lipinski definition) is 0. The van der Waals surface area contributed by atoms with Gasteiger partial charge in [0.25, 0.3) is 0 Å². The summed E-state index contributed by atoms with van der Waals surface area (Å²) in [6.45, 7) is 3.74. The van der Waals surface area contributed by atoms with E-state index in [0.717, 1.165) is 19.3 Å². The Morgan fingerprint density at radius 1 is 1.67 bits per heavy atom. The minimum Gasteiger partial charge on any atom is -0.468 e. The van der Waals surface area contributed by atoms with E-state index in [4.69, 9.17) is 4.74 Å². The predicted octanol–water partition coefficient (Wildman–Crippen LogP) is 1.72. The third kappa shape index (κ3) is 1.18. The topological polar surface area (TPSA) is 43.4 Å². The fourth-order valence-corrected chi connectivity index (χ4v) is 3.18. The molecule has 0 aromatic heterocycles. The summed E-state index contributed by atoms with van der Waals surface area (Å²) < 4.78 is 4.81. The van der Waals surface area contributed by atoms with Gasteiger partial charge in [-0.2, -0.15) is 0 Å². The van der Waals surface area contributed by atoms with E-state index in [9.17, 15) is 9.59 Å². The van der Waals surface area contributed by atoms with Crippen LogP contribution in [0.2, 0.25) is 0 Å². The third-order valence-electron chi connectivity index (χ3n) is 3.94. The van der Waals surface area contributed by atoms with E-state index in [1.54, 1.807) is 6.08 Å². The fraction of sp³-hybridized carbons (Fsp3) is 0.667. The van der Waals surface area contributed by atoms with Gasteiger partial charge in [-0.15, -0.1) is 6.58 Å². The van der Waals surface area contributed by atoms with E-state index in [-0.39, 0.29) is 23.6 Å². The number of methoxy groups -OCH3 is 1. The molecule has 3 heteroatoms. The van der Waals surface area contributed by atoms with Crippen molar-refractivity contribution in [2.75, 3.05) is 7.11 Å². The Kier molecular flexibility index (Phi) is 2.41. The zero-order valence-corrected chi connectivity index (χ0v) is 8.99. The van der Waals surface area contributed by atoms with Gasteiger partial charge in [0.2, 0.25) is 0 Å². The Labute approximate surface area is 89.5 Å². The number of fused-ring (bicyclic) bond motifs is 2. The molecule has 3 nitrogen and oxygen atoms in total. The lowest BCUT2D eigenvalue weighted by atomic mass is 9.70. The molecule has 3 atom stereocenters. The molecular weight excluding hydrogens is 192 g/mol. The quantitative estimate of drug-likeness (QED) is 0.394. The van der Waals surface area contributed by atoms with Crippen molar-refractivity contribution in [3.05, 3.63) is 12.7 Å². The van der Waals surface area contributed by atoms with Crippen molar-refractivity contribution < 1.29 is 14.3 Å². The van der Waals surface area contributed by atoms with Crippen LogP contribution in [0, 0.1) is 17.3 Å². The van der Waals surface area contributed by atoms with Crippen molar-refractivity contribution in [3.8, 4) is 0 Å². The molecule has 0 unspecified atom stereocenters. The van der Waals surface area contributed by atoms with E-state index < -0.39 is 5.41 Å². The maximum absolute atomic E-state index is 12.1.